The van der Waals surface area contributed by atoms with Gasteiger partial charge in [-0.15, -0.1) is 0 Å². The molecule has 1 aromatic rings. The Kier molecular flexibility index (Phi) is 6.32. The van der Waals surface area contributed by atoms with Crippen molar-refractivity contribution in [3.05, 3.63) is 28.8 Å². The summed E-state index contributed by atoms with van der Waals surface area (Å²) >= 11 is 5.87. The fraction of sp³-hybridized carbons (Fsp3) is 0.385. The molecule has 2 amide bonds. The number of hydrogen-bond donors (Lipinski definition) is 3. The van der Waals surface area contributed by atoms with Gasteiger partial charge in [-0.1, -0.05) is 11.6 Å². The first-order chi connectivity index (χ1) is 9.08. The number of halogens is 1. The molecule has 0 aliphatic rings. The summed E-state index contributed by atoms with van der Waals surface area (Å²) in [5.41, 5.74) is 6.16. The minimum absolute atomic E-state index is 0.168. The lowest BCUT2D eigenvalue weighted by Crippen LogP contribution is -2.25. The minimum atomic E-state index is -0.265. The standard InChI is InChI=1S/C13H18ClN3O2/c1-2-16-13(19)10-8-9(14)5-6-11(10)17-12(18)4-3-7-15/h5-6,8H,2-4,7,15H2,1H3,(H,16,19)(H,17,18). The van der Waals surface area contributed by atoms with E-state index in [0.717, 1.165) is 0 Å². The zero-order valence-electron chi connectivity index (χ0n) is 10.8. The number of rotatable bonds is 6. The van der Waals surface area contributed by atoms with Crippen LogP contribution >= 0.6 is 11.6 Å². The molecule has 0 fully saturated rings. The maximum Gasteiger partial charge on any atom is 0.253 e. The van der Waals surface area contributed by atoms with Gasteiger partial charge in [-0.3, -0.25) is 9.59 Å². The first-order valence-corrected chi connectivity index (χ1v) is 6.54. The number of amides is 2. The van der Waals surface area contributed by atoms with Gasteiger partial charge >= 0.3 is 0 Å². The number of benzene rings is 1. The van der Waals surface area contributed by atoms with E-state index in [9.17, 15) is 9.59 Å². The second kappa shape index (κ2) is 7.76. The maximum atomic E-state index is 11.9. The predicted molar refractivity (Wildman–Crippen MR) is 76.4 cm³/mol. The predicted octanol–water partition coefficient (Wildman–Crippen LogP) is 1.77. The summed E-state index contributed by atoms with van der Waals surface area (Å²) in [5.74, 6) is -0.433. The van der Waals surface area contributed by atoms with Crippen LogP contribution < -0.4 is 16.4 Å². The summed E-state index contributed by atoms with van der Waals surface area (Å²) in [5, 5.41) is 5.82. The lowest BCUT2D eigenvalue weighted by molar-refractivity contribution is -0.116. The second-order valence-corrected chi connectivity index (χ2v) is 4.43. The number of hydrogen-bond acceptors (Lipinski definition) is 3. The van der Waals surface area contributed by atoms with Gasteiger partial charge in [0.25, 0.3) is 5.91 Å². The van der Waals surface area contributed by atoms with E-state index in [0.29, 0.717) is 42.2 Å². The molecule has 0 saturated carbocycles. The van der Waals surface area contributed by atoms with Crippen LogP contribution in [0.4, 0.5) is 5.69 Å². The van der Waals surface area contributed by atoms with Crippen molar-refractivity contribution < 1.29 is 9.59 Å². The summed E-state index contributed by atoms with van der Waals surface area (Å²) < 4.78 is 0. The number of carbonyl (C=O) groups excluding carboxylic acids is 2. The van der Waals surface area contributed by atoms with Gasteiger partial charge in [-0.05, 0) is 38.1 Å². The Hall–Kier alpha value is -1.59. The molecule has 19 heavy (non-hydrogen) atoms. The molecule has 5 nitrogen and oxygen atoms in total. The van der Waals surface area contributed by atoms with Crippen LogP contribution in [-0.4, -0.2) is 24.9 Å². The van der Waals surface area contributed by atoms with E-state index in [1.165, 1.54) is 6.07 Å². The molecule has 0 unspecified atom stereocenters. The van der Waals surface area contributed by atoms with Gasteiger partial charge in [-0.2, -0.15) is 0 Å². The van der Waals surface area contributed by atoms with Crippen molar-refractivity contribution in [1.82, 2.24) is 5.32 Å². The lowest BCUT2D eigenvalue weighted by Gasteiger charge is -2.11. The smallest absolute Gasteiger partial charge is 0.253 e. The van der Waals surface area contributed by atoms with Crippen molar-refractivity contribution in [2.75, 3.05) is 18.4 Å². The Morgan fingerprint density at radius 1 is 1.37 bits per heavy atom. The highest BCUT2D eigenvalue weighted by molar-refractivity contribution is 6.31. The van der Waals surface area contributed by atoms with Crippen molar-refractivity contribution in [3.63, 3.8) is 0 Å². The quantitative estimate of drug-likeness (QED) is 0.744. The Morgan fingerprint density at radius 2 is 2.11 bits per heavy atom. The molecule has 0 aliphatic heterocycles. The van der Waals surface area contributed by atoms with Gasteiger partial charge in [0.2, 0.25) is 5.91 Å². The van der Waals surface area contributed by atoms with Gasteiger partial charge in [-0.25, -0.2) is 0 Å². The van der Waals surface area contributed by atoms with Crippen LogP contribution in [0.25, 0.3) is 0 Å². The molecule has 0 atom stereocenters. The normalized spacial score (nSPS) is 10.1. The Bertz CT molecular complexity index is 463. The fourth-order valence-electron chi connectivity index (χ4n) is 1.54. The maximum absolute atomic E-state index is 11.9. The third kappa shape index (κ3) is 4.89. The molecule has 0 spiro atoms. The van der Waals surface area contributed by atoms with Crippen LogP contribution in [-0.2, 0) is 4.79 Å². The molecule has 0 radical (unpaired) electrons. The van der Waals surface area contributed by atoms with E-state index in [4.69, 9.17) is 17.3 Å². The van der Waals surface area contributed by atoms with E-state index < -0.39 is 0 Å². The highest BCUT2D eigenvalue weighted by Crippen LogP contribution is 2.21. The summed E-state index contributed by atoms with van der Waals surface area (Å²) in [6.45, 7) is 2.78. The van der Waals surface area contributed by atoms with Gasteiger partial charge in [0.1, 0.15) is 0 Å². The zero-order valence-corrected chi connectivity index (χ0v) is 11.6. The van der Waals surface area contributed by atoms with Crippen LogP contribution in [0.3, 0.4) is 0 Å². The minimum Gasteiger partial charge on any atom is -0.352 e. The first-order valence-electron chi connectivity index (χ1n) is 6.16. The molecule has 104 valence electrons. The highest BCUT2D eigenvalue weighted by atomic mass is 35.5. The monoisotopic (exact) mass is 283 g/mol. The summed E-state index contributed by atoms with van der Waals surface area (Å²) in [6, 6.07) is 4.78. The second-order valence-electron chi connectivity index (χ2n) is 3.99. The van der Waals surface area contributed by atoms with E-state index >= 15 is 0 Å². The van der Waals surface area contributed by atoms with Crippen LogP contribution in [0.15, 0.2) is 18.2 Å². The van der Waals surface area contributed by atoms with Crippen LogP contribution in [0.5, 0.6) is 0 Å². The van der Waals surface area contributed by atoms with Crippen LogP contribution in [0.2, 0.25) is 5.02 Å². The molecular weight excluding hydrogens is 266 g/mol. The molecule has 0 bridgehead atoms. The summed E-state index contributed by atoms with van der Waals surface area (Å²) in [6.07, 6.45) is 0.934. The van der Waals surface area contributed by atoms with E-state index in [-0.39, 0.29) is 11.8 Å². The fourth-order valence-corrected chi connectivity index (χ4v) is 1.72. The van der Waals surface area contributed by atoms with Crippen LogP contribution in [0, 0.1) is 0 Å². The van der Waals surface area contributed by atoms with Crippen molar-refractivity contribution in [1.29, 1.82) is 0 Å². The molecule has 1 rings (SSSR count). The third-order valence-electron chi connectivity index (χ3n) is 2.45. The van der Waals surface area contributed by atoms with Gasteiger partial charge in [0.05, 0.1) is 11.3 Å². The Morgan fingerprint density at radius 3 is 2.74 bits per heavy atom. The topological polar surface area (TPSA) is 84.2 Å². The van der Waals surface area contributed by atoms with Gasteiger partial charge < -0.3 is 16.4 Å². The Balaban J connectivity index is 2.87. The Labute approximate surface area is 117 Å². The summed E-state index contributed by atoms with van der Waals surface area (Å²) in [7, 11) is 0. The van der Waals surface area contributed by atoms with Gasteiger partial charge in [0, 0.05) is 18.0 Å². The molecular formula is C13H18ClN3O2. The van der Waals surface area contributed by atoms with E-state index in [1.54, 1.807) is 12.1 Å². The molecule has 1 aromatic carbocycles. The summed E-state index contributed by atoms with van der Waals surface area (Å²) in [4.78, 5) is 23.5. The number of nitrogens with two attached hydrogens (primary N) is 1. The molecule has 6 heteroatoms. The average molecular weight is 284 g/mol. The van der Waals surface area contributed by atoms with Crippen molar-refractivity contribution in [2.45, 2.75) is 19.8 Å². The molecule has 4 N–H and O–H groups in total. The molecule has 0 aromatic heterocycles. The van der Waals surface area contributed by atoms with E-state index in [1.807, 2.05) is 6.92 Å². The molecule has 0 saturated heterocycles. The SMILES string of the molecule is CCNC(=O)c1cc(Cl)ccc1NC(=O)CCCN. The number of anilines is 1. The molecule has 0 heterocycles. The number of carbonyl (C=O) groups is 2. The van der Waals surface area contributed by atoms with Crippen molar-refractivity contribution in [2.24, 2.45) is 5.73 Å². The third-order valence-corrected chi connectivity index (χ3v) is 2.68. The number of nitrogens with one attached hydrogen (secondary N) is 2. The molecule has 0 aliphatic carbocycles. The van der Waals surface area contributed by atoms with E-state index in [2.05, 4.69) is 10.6 Å². The average Bonchev–Trinajstić information content (AvgIpc) is 2.38. The van der Waals surface area contributed by atoms with Crippen molar-refractivity contribution >= 4 is 29.1 Å². The first kappa shape index (κ1) is 15.5. The van der Waals surface area contributed by atoms with Gasteiger partial charge in [0.15, 0.2) is 0 Å². The van der Waals surface area contributed by atoms with Crippen LogP contribution in [0.1, 0.15) is 30.1 Å². The lowest BCUT2D eigenvalue weighted by atomic mass is 10.1. The zero-order chi connectivity index (χ0) is 14.3. The van der Waals surface area contributed by atoms with Crippen molar-refractivity contribution in [3.8, 4) is 0 Å². The largest absolute Gasteiger partial charge is 0.352 e. The highest BCUT2D eigenvalue weighted by Gasteiger charge is 2.13.